The fourth-order valence-corrected chi connectivity index (χ4v) is 1.28. The maximum absolute atomic E-state index is 13.0. The van der Waals surface area contributed by atoms with Crippen LogP contribution in [0.5, 0.6) is 0 Å². The summed E-state index contributed by atoms with van der Waals surface area (Å²) in [7, 11) is 0. The van der Waals surface area contributed by atoms with Gasteiger partial charge in [-0.3, -0.25) is 4.79 Å². The summed E-state index contributed by atoms with van der Waals surface area (Å²) in [6.45, 7) is 1.02. The largest absolute Gasteiger partial charge is 0.294 e. The van der Waals surface area contributed by atoms with Crippen LogP contribution in [-0.4, -0.2) is 5.78 Å². The molecule has 0 heterocycles. The first-order valence-electron chi connectivity index (χ1n) is 4.00. The van der Waals surface area contributed by atoms with Crippen LogP contribution in [0.25, 0.3) is 0 Å². The maximum atomic E-state index is 13.0. The van der Waals surface area contributed by atoms with Crippen LogP contribution in [0.2, 0.25) is 0 Å². The Morgan fingerprint density at radius 3 is 2.47 bits per heavy atom. The van der Waals surface area contributed by atoms with Gasteiger partial charge in [0.25, 0.3) is 6.43 Å². The zero-order chi connectivity index (χ0) is 11.6. The first-order valence-corrected chi connectivity index (χ1v) is 4.00. The Morgan fingerprint density at radius 1 is 1.47 bits per heavy atom. The van der Waals surface area contributed by atoms with E-state index < -0.39 is 29.2 Å². The number of nitriles is 1. The van der Waals surface area contributed by atoms with Gasteiger partial charge in [0.2, 0.25) is 0 Å². The summed E-state index contributed by atoms with van der Waals surface area (Å²) in [4.78, 5) is 11.1. The summed E-state index contributed by atoms with van der Waals surface area (Å²) in [6.07, 6.45) is -3.11. The van der Waals surface area contributed by atoms with E-state index in [0.29, 0.717) is 0 Å². The molecule has 5 heteroatoms. The van der Waals surface area contributed by atoms with E-state index in [1.54, 1.807) is 6.07 Å². The van der Waals surface area contributed by atoms with Crippen LogP contribution in [0, 0.1) is 17.1 Å². The van der Waals surface area contributed by atoms with Crippen LogP contribution in [0.15, 0.2) is 12.1 Å². The normalized spacial score (nSPS) is 10.1. The predicted molar refractivity (Wildman–Crippen MR) is 46.1 cm³/mol. The number of carbonyl (C=O) groups excluding carboxylic acids is 1. The number of benzene rings is 1. The molecular formula is C10H6F3NO. The van der Waals surface area contributed by atoms with E-state index in [2.05, 4.69) is 0 Å². The summed E-state index contributed by atoms with van der Waals surface area (Å²) in [5.74, 6) is -1.92. The van der Waals surface area contributed by atoms with Crippen molar-refractivity contribution in [2.45, 2.75) is 13.3 Å². The van der Waals surface area contributed by atoms with Crippen LogP contribution >= 0.6 is 0 Å². The molecule has 0 aliphatic heterocycles. The Bertz CT molecular complexity index is 449. The molecule has 0 aliphatic carbocycles. The molecule has 0 fully saturated rings. The molecule has 0 aliphatic rings. The van der Waals surface area contributed by atoms with Crippen LogP contribution < -0.4 is 0 Å². The summed E-state index contributed by atoms with van der Waals surface area (Å²) in [5, 5.41) is 8.59. The maximum Gasteiger partial charge on any atom is 0.267 e. The molecule has 1 aromatic rings. The van der Waals surface area contributed by atoms with Gasteiger partial charge in [0.1, 0.15) is 5.82 Å². The van der Waals surface area contributed by atoms with Gasteiger partial charge in [0.15, 0.2) is 5.78 Å². The number of hydrogen-bond acceptors (Lipinski definition) is 2. The summed E-state index contributed by atoms with van der Waals surface area (Å²) in [5.41, 5.74) is -1.77. The van der Waals surface area contributed by atoms with Crippen molar-refractivity contribution in [2.75, 3.05) is 0 Å². The standard InChI is InChI=1S/C10H6F3NO/c1-5(15)8-6(4-14)2-3-7(11)9(8)10(12)13/h2-3,10H,1H3. The molecule has 0 spiro atoms. The Kier molecular flexibility index (Phi) is 3.10. The van der Waals surface area contributed by atoms with E-state index in [4.69, 9.17) is 5.26 Å². The second-order valence-electron chi connectivity index (χ2n) is 2.85. The van der Waals surface area contributed by atoms with Crippen molar-refractivity contribution in [1.82, 2.24) is 0 Å². The fourth-order valence-electron chi connectivity index (χ4n) is 1.28. The van der Waals surface area contributed by atoms with E-state index in [-0.39, 0.29) is 5.56 Å². The third-order valence-corrected chi connectivity index (χ3v) is 1.88. The summed E-state index contributed by atoms with van der Waals surface area (Å²) in [6, 6.07) is 3.35. The molecule has 15 heavy (non-hydrogen) atoms. The molecule has 0 atom stereocenters. The van der Waals surface area contributed by atoms with Gasteiger partial charge in [-0.2, -0.15) is 5.26 Å². The van der Waals surface area contributed by atoms with E-state index in [9.17, 15) is 18.0 Å². The van der Waals surface area contributed by atoms with Crippen molar-refractivity contribution in [3.8, 4) is 6.07 Å². The van der Waals surface area contributed by atoms with Crippen molar-refractivity contribution in [2.24, 2.45) is 0 Å². The van der Waals surface area contributed by atoms with Gasteiger partial charge in [0, 0.05) is 5.56 Å². The van der Waals surface area contributed by atoms with Crippen LogP contribution in [0.4, 0.5) is 13.2 Å². The SMILES string of the molecule is CC(=O)c1c(C#N)ccc(F)c1C(F)F. The van der Waals surface area contributed by atoms with Crippen molar-refractivity contribution in [1.29, 1.82) is 5.26 Å². The molecule has 0 saturated carbocycles. The van der Waals surface area contributed by atoms with Gasteiger partial charge >= 0.3 is 0 Å². The highest BCUT2D eigenvalue weighted by Crippen LogP contribution is 2.28. The Hall–Kier alpha value is -1.83. The third kappa shape index (κ3) is 1.99. The number of Topliss-reactive ketones (excluding diaryl/α,β-unsaturated/α-hetero) is 1. The number of rotatable bonds is 2. The van der Waals surface area contributed by atoms with Crippen molar-refractivity contribution < 1.29 is 18.0 Å². The first kappa shape index (κ1) is 11.2. The molecule has 0 unspecified atom stereocenters. The highest BCUT2D eigenvalue weighted by atomic mass is 19.3. The molecule has 0 amide bonds. The monoisotopic (exact) mass is 213 g/mol. The van der Waals surface area contributed by atoms with Crippen molar-refractivity contribution in [3.05, 3.63) is 34.6 Å². The summed E-state index contributed by atoms with van der Waals surface area (Å²) < 4.78 is 38.0. The van der Waals surface area contributed by atoms with Gasteiger partial charge in [-0.05, 0) is 19.1 Å². The lowest BCUT2D eigenvalue weighted by Gasteiger charge is -2.08. The molecule has 0 aromatic heterocycles. The van der Waals surface area contributed by atoms with Gasteiger partial charge in [-0.1, -0.05) is 0 Å². The van der Waals surface area contributed by atoms with Gasteiger partial charge in [0.05, 0.1) is 17.2 Å². The van der Waals surface area contributed by atoms with Crippen LogP contribution in [0.1, 0.15) is 34.8 Å². The Morgan fingerprint density at radius 2 is 2.07 bits per heavy atom. The molecule has 1 aromatic carbocycles. The van der Waals surface area contributed by atoms with E-state index in [0.717, 1.165) is 19.1 Å². The molecule has 2 nitrogen and oxygen atoms in total. The van der Waals surface area contributed by atoms with Crippen LogP contribution in [0.3, 0.4) is 0 Å². The van der Waals surface area contributed by atoms with Crippen molar-refractivity contribution in [3.63, 3.8) is 0 Å². The third-order valence-electron chi connectivity index (χ3n) is 1.88. The Balaban J connectivity index is 3.60. The minimum atomic E-state index is -3.11. The number of alkyl halides is 2. The topological polar surface area (TPSA) is 40.9 Å². The highest BCUT2D eigenvalue weighted by molar-refractivity contribution is 5.98. The van der Waals surface area contributed by atoms with Crippen molar-refractivity contribution >= 4 is 5.78 Å². The molecule has 78 valence electrons. The zero-order valence-corrected chi connectivity index (χ0v) is 7.72. The molecule has 0 bridgehead atoms. The minimum absolute atomic E-state index is 0.237. The molecule has 0 radical (unpaired) electrons. The number of hydrogen-bond donors (Lipinski definition) is 0. The second-order valence-corrected chi connectivity index (χ2v) is 2.85. The van der Waals surface area contributed by atoms with E-state index >= 15 is 0 Å². The van der Waals surface area contributed by atoms with E-state index in [1.807, 2.05) is 0 Å². The predicted octanol–water partition coefficient (Wildman–Crippen LogP) is 2.84. The molecule has 1 rings (SSSR count). The second kappa shape index (κ2) is 4.13. The highest BCUT2D eigenvalue weighted by Gasteiger charge is 2.23. The zero-order valence-electron chi connectivity index (χ0n) is 7.72. The minimum Gasteiger partial charge on any atom is -0.294 e. The lowest BCUT2D eigenvalue weighted by Crippen LogP contribution is -2.06. The van der Waals surface area contributed by atoms with Gasteiger partial charge < -0.3 is 0 Å². The Labute approximate surface area is 83.9 Å². The van der Waals surface area contributed by atoms with Gasteiger partial charge in [-0.15, -0.1) is 0 Å². The quantitative estimate of drug-likeness (QED) is 0.708. The number of carbonyl (C=O) groups is 1. The summed E-state index contributed by atoms with van der Waals surface area (Å²) >= 11 is 0. The smallest absolute Gasteiger partial charge is 0.267 e. The van der Waals surface area contributed by atoms with Gasteiger partial charge in [-0.25, -0.2) is 13.2 Å². The molecular weight excluding hydrogens is 207 g/mol. The average molecular weight is 213 g/mol. The fraction of sp³-hybridized carbons (Fsp3) is 0.200. The molecule has 0 saturated heterocycles. The lowest BCUT2D eigenvalue weighted by molar-refractivity contribution is 0.0995. The lowest BCUT2D eigenvalue weighted by atomic mass is 9.98. The van der Waals surface area contributed by atoms with Crippen LogP contribution in [-0.2, 0) is 0 Å². The number of nitrogens with zero attached hydrogens (tertiary/aromatic N) is 1. The molecule has 0 N–H and O–H groups in total. The number of ketones is 1. The van der Waals surface area contributed by atoms with E-state index in [1.165, 1.54) is 0 Å². The number of halogens is 3. The average Bonchev–Trinajstić information content (AvgIpc) is 2.16. The first-order chi connectivity index (χ1) is 6.99.